The number of rotatable bonds is 6. The maximum atomic E-state index is 5.16. The Morgan fingerprint density at radius 3 is 3.20 bits per heavy atom. The second kappa shape index (κ2) is 7.33. The first kappa shape index (κ1) is 12.1. The lowest BCUT2D eigenvalue weighted by Gasteiger charge is -2.12. The lowest BCUT2D eigenvalue weighted by atomic mass is 10.1. The van der Waals surface area contributed by atoms with Gasteiger partial charge in [-0.1, -0.05) is 12.0 Å². The van der Waals surface area contributed by atoms with E-state index in [9.17, 15) is 0 Å². The minimum Gasteiger partial charge on any atom is -0.309 e. The zero-order valence-corrected chi connectivity index (χ0v) is 9.76. The van der Waals surface area contributed by atoms with Gasteiger partial charge in [0.1, 0.15) is 0 Å². The third-order valence-electron chi connectivity index (χ3n) is 2.07. The van der Waals surface area contributed by atoms with Crippen LogP contribution in [0.25, 0.3) is 0 Å². The Balaban J connectivity index is 2.20. The molecule has 3 heteroatoms. The molecule has 80 valence electrons. The SMILES string of the molecule is C#CCSCCNC(C)c1cccnc1. The van der Waals surface area contributed by atoms with Crippen molar-refractivity contribution >= 4 is 11.8 Å². The summed E-state index contributed by atoms with van der Waals surface area (Å²) < 4.78 is 0. The summed E-state index contributed by atoms with van der Waals surface area (Å²) in [6, 6.07) is 4.39. The van der Waals surface area contributed by atoms with Crippen LogP contribution < -0.4 is 5.32 Å². The molecule has 0 bridgehead atoms. The fraction of sp³-hybridized carbons (Fsp3) is 0.417. The van der Waals surface area contributed by atoms with Gasteiger partial charge >= 0.3 is 0 Å². The largest absolute Gasteiger partial charge is 0.309 e. The average Bonchev–Trinajstić information content (AvgIpc) is 2.30. The molecule has 0 aliphatic rings. The molecule has 1 aromatic rings. The highest BCUT2D eigenvalue weighted by Crippen LogP contribution is 2.09. The first-order chi connectivity index (χ1) is 7.34. The highest BCUT2D eigenvalue weighted by atomic mass is 32.2. The summed E-state index contributed by atoms with van der Waals surface area (Å²) in [6.07, 6.45) is 8.85. The molecule has 1 atom stereocenters. The van der Waals surface area contributed by atoms with Crippen molar-refractivity contribution in [3.8, 4) is 12.3 Å². The molecule has 0 aromatic carbocycles. The first-order valence-electron chi connectivity index (χ1n) is 4.99. The Kier molecular flexibility index (Phi) is 5.91. The standard InChI is InChI=1S/C12H16N2S/c1-3-8-15-9-7-14-11(2)12-5-4-6-13-10-12/h1,4-6,10-11,14H,7-9H2,2H3. The van der Waals surface area contributed by atoms with Gasteiger partial charge in [-0.2, -0.15) is 0 Å². The van der Waals surface area contributed by atoms with Crippen LogP contribution in [-0.2, 0) is 0 Å². The third kappa shape index (κ3) is 4.87. The third-order valence-corrected chi connectivity index (χ3v) is 2.93. The molecule has 0 aliphatic heterocycles. The molecule has 2 nitrogen and oxygen atoms in total. The molecule has 0 spiro atoms. The van der Waals surface area contributed by atoms with Crippen LogP contribution in [0.4, 0.5) is 0 Å². The summed E-state index contributed by atoms with van der Waals surface area (Å²) in [5.74, 6) is 4.46. The normalized spacial score (nSPS) is 12.0. The van der Waals surface area contributed by atoms with E-state index in [0.717, 1.165) is 18.1 Å². The molecule has 1 aromatic heterocycles. The zero-order chi connectivity index (χ0) is 10.9. The van der Waals surface area contributed by atoms with Gasteiger partial charge in [0, 0.05) is 30.7 Å². The number of nitrogens with zero attached hydrogens (tertiary/aromatic N) is 1. The van der Waals surface area contributed by atoms with Crippen molar-refractivity contribution in [1.29, 1.82) is 0 Å². The van der Waals surface area contributed by atoms with Gasteiger partial charge in [-0.25, -0.2) is 0 Å². The van der Waals surface area contributed by atoms with E-state index < -0.39 is 0 Å². The zero-order valence-electron chi connectivity index (χ0n) is 8.94. The summed E-state index contributed by atoms with van der Waals surface area (Å²) >= 11 is 1.78. The molecule has 0 saturated carbocycles. The average molecular weight is 220 g/mol. The summed E-state index contributed by atoms with van der Waals surface area (Å²) in [4.78, 5) is 4.09. The molecule has 0 saturated heterocycles. The van der Waals surface area contributed by atoms with E-state index in [4.69, 9.17) is 6.42 Å². The van der Waals surface area contributed by atoms with Crippen LogP contribution in [-0.4, -0.2) is 23.0 Å². The summed E-state index contributed by atoms with van der Waals surface area (Å²) in [5.41, 5.74) is 1.22. The van der Waals surface area contributed by atoms with Crippen LogP contribution in [0.1, 0.15) is 18.5 Å². The molecule has 1 heterocycles. The topological polar surface area (TPSA) is 24.9 Å². The van der Waals surface area contributed by atoms with E-state index in [1.807, 2.05) is 12.3 Å². The number of pyridine rings is 1. The highest BCUT2D eigenvalue weighted by molar-refractivity contribution is 7.99. The minimum absolute atomic E-state index is 0.352. The molecule has 0 aliphatic carbocycles. The van der Waals surface area contributed by atoms with Crippen molar-refractivity contribution in [2.75, 3.05) is 18.1 Å². The van der Waals surface area contributed by atoms with Gasteiger partial charge in [0.05, 0.1) is 5.75 Å². The summed E-state index contributed by atoms with van der Waals surface area (Å²) in [7, 11) is 0. The summed E-state index contributed by atoms with van der Waals surface area (Å²) in [6.45, 7) is 3.12. The van der Waals surface area contributed by atoms with Crippen molar-refractivity contribution < 1.29 is 0 Å². The molecule has 0 fully saturated rings. The monoisotopic (exact) mass is 220 g/mol. The van der Waals surface area contributed by atoms with Crippen LogP contribution >= 0.6 is 11.8 Å². The van der Waals surface area contributed by atoms with Crippen LogP contribution in [0.5, 0.6) is 0 Å². The van der Waals surface area contributed by atoms with Crippen molar-refractivity contribution in [2.24, 2.45) is 0 Å². The molecule has 1 N–H and O–H groups in total. The number of aromatic nitrogens is 1. The second-order valence-corrected chi connectivity index (χ2v) is 4.32. The van der Waals surface area contributed by atoms with E-state index in [1.165, 1.54) is 5.56 Å². The van der Waals surface area contributed by atoms with E-state index in [1.54, 1.807) is 18.0 Å². The van der Waals surface area contributed by atoms with Gasteiger partial charge in [-0.15, -0.1) is 18.2 Å². The van der Waals surface area contributed by atoms with Crippen molar-refractivity contribution in [3.63, 3.8) is 0 Å². The Bertz CT molecular complexity index is 305. The fourth-order valence-electron chi connectivity index (χ4n) is 1.23. The maximum absolute atomic E-state index is 5.16. The van der Waals surface area contributed by atoms with Crippen molar-refractivity contribution in [3.05, 3.63) is 30.1 Å². The molecule has 0 amide bonds. The fourth-order valence-corrected chi connectivity index (χ4v) is 1.75. The Morgan fingerprint density at radius 1 is 1.67 bits per heavy atom. The predicted octanol–water partition coefficient (Wildman–Crippen LogP) is 2.10. The maximum Gasteiger partial charge on any atom is 0.0545 e. The van der Waals surface area contributed by atoms with Crippen molar-refractivity contribution in [1.82, 2.24) is 10.3 Å². The van der Waals surface area contributed by atoms with E-state index in [0.29, 0.717) is 6.04 Å². The number of hydrogen-bond acceptors (Lipinski definition) is 3. The number of hydrogen-bond donors (Lipinski definition) is 1. The van der Waals surface area contributed by atoms with Crippen LogP contribution in [0.2, 0.25) is 0 Å². The smallest absolute Gasteiger partial charge is 0.0545 e. The van der Waals surface area contributed by atoms with Crippen LogP contribution in [0.15, 0.2) is 24.5 Å². The van der Waals surface area contributed by atoms with Crippen molar-refractivity contribution in [2.45, 2.75) is 13.0 Å². The Morgan fingerprint density at radius 2 is 2.53 bits per heavy atom. The highest BCUT2D eigenvalue weighted by Gasteiger charge is 2.02. The van der Waals surface area contributed by atoms with Gasteiger partial charge in [0.2, 0.25) is 0 Å². The number of nitrogens with one attached hydrogen (secondary N) is 1. The lowest BCUT2D eigenvalue weighted by Crippen LogP contribution is -2.21. The van der Waals surface area contributed by atoms with Crippen LogP contribution in [0, 0.1) is 12.3 Å². The minimum atomic E-state index is 0.352. The van der Waals surface area contributed by atoms with Gasteiger partial charge in [0.15, 0.2) is 0 Å². The van der Waals surface area contributed by atoms with E-state index in [2.05, 4.69) is 29.2 Å². The summed E-state index contributed by atoms with van der Waals surface area (Å²) in [5, 5.41) is 3.43. The van der Waals surface area contributed by atoms with E-state index >= 15 is 0 Å². The molecular weight excluding hydrogens is 204 g/mol. The number of thioether (sulfide) groups is 1. The number of terminal acetylenes is 1. The van der Waals surface area contributed by atoms with E-state index in [-0.39, 0.29) is 0 Å². The molecular formula is C12H16N2S. The second-order valence-electron chi connectivity index (χ2n) is 3.22. The van der Waals surface area contributed by atoms with Crippen LogP contribution in [0.3, 0.4) is 0 Å². The quantitative estimate of drug-likeness (QED) is 0.587. The van der Waals surface area contributed by atoms with Gasteiger partial charge < -0.3 is 5.32 Å². The first-order valence-corrected chi connectivity index (χ1v) is 6.14. The Hall–Kier alpha value is -0.980. The Labute approximate surface area is 95.9 Å². The molecule has 15 heavy (non-hydrogen) atoms. The lowest BCUT2D eigenvalue weighted by molar-refractivity contribution is 0.599. The molecule has 1 rings (SSSR count). The van der Waals surface area contributed by atoms with Gasteiger partial charge in [-0.3, -0.25) is 4.98 Å². The molecule has 1 unspecified atom stereocenters. The predicted molar refractivity (Wildman–Crippen MR) is 66.8 cm³/mol. The van der Waals surface area contributed by atoms with Gasteiger partial charge in [-0.05, 0) is 18.6 Å². The van der Waals surface area contributed by atoms with Gasteiger partial charge in [0.25, 0.3) is 0 Å². The molecule has 0 radical (unpaired) electrons.